The van der Waals surface area contributed by atoms with Crippen molar-refractivity contribution in [1.82, 2.24) is 0 Å². The Labute approximate surface area is 233 Å². The van der Waals surface area contributed by atoms with E-state index in [1.54, 1.807) is 0 Å². The van der Waals surface area contributed by atoms with E-state index in [0.717, 1.165) is 16.9 Å². The zero-order chi connectivity index (χ0) is 25.7. The first-order valence-electron chi connectivity index (χ1n) is 15.0. The fourth-order valence-corrected chi connectivity index (χ4v) is 7.96. The zero-order valence-corrected chi connectivity index (χ0v) is 26.4. The lowest BCUT2D eigenvalue weighted by atomic mass is 10.0. The van der Waals surface area contributed by atoms with Gasteiger partial charge in [-0.1, -0.05) is 127 Å². The molecule has 1 rings (SSSR count). The van der Waals surface area contributed by atoms with Gasteiger partial charge in [-0.2, -0.15) is 0 Å². The molecule has 0 heterocycles. The van der Waals surface area contributed by atoms with Crippen LogP contribution in [-0.4, -0.2) is 54.4 Å². The maximum atomic E-state index is 5.99. The van der Waals surface area contributed by atoms with Crippen LogP contribution in [0.1, 0.15) is 116 Å². The lowest BCUT2D eigenvalue weighted by Gasteiger charge is -2.32. The lowest BCUT2D eigenvalue weighted by Crippen LogP contribution is -3.00. The average Bonchev–Trinajstić information content (AvgIpc) is 2.87. The SMILES string of the molecule is CCCCCCCCCCCCCCCCCC[N+](C)(C)CCC[Si](OC)(OC)c1ccccc1.[Cl-]. The summed E-state index contributed by atoms with van der Waals surface area (Å²) in [6.07, 6.45) is 24.1. The normalized spacial score (nSPS) is 12.0. The van der Waals surface area contributed by atoms with E-state index in [4.69, 9.17) is 8.85 Å². The molecular formula is C31H60ClNO2Si. The molecule has 212 valence electrons. The van der Waals surface area contributed by atoms with Crippen LogP contribution in [0.15, 0.2) is 30.3 Å². The molecule has 0 N–H and O–H groups in total. The number of halogens is 1. The van der Waals surface area contributed by atoms with Crippen LogP contribution in [0, 0.1) is 0 Å². The Balaban J connectivity index is 0.0000122. The van der Waals surface area contributed by atoms with Crippen LogP contribution in [0.4, 0.5) is 0 Å². The lowest BCUT2D eigenvalue weighted by molar-refractivity contribution is -0.890. The van der Waals surface area contributed by atoms with Gasteiger partial charge in [0, 0.05) is 20.3 Å². The number of nitrogens with zero attached hydrogens (tertiary/aromatic N) is 1. The standard InChI is InChI=1S/C31H60NO2Si.ClH/c1-6-7-8-9-10-11-12-13-14-15-16-17-18-19-20-24-28-32(2,3)29-25-30-35(33-4,34-5)31-26-22-21-23-27-31;/h21-23,26-27H,6-20,24-25,28-30H2,1-5H3;1H/q+1;/p-1. The smallest absolute Gasteiger partial charge is 0.372 e. The number of hydrogen-bond donors (Lipinski definition) is 0. The van der Waals surface area contributed by atoms with E-state index in [0.29, 0.717) is 0 Å². The van der Waals surface area contributed by atoms with Crippen LogP contribution < -0.4 is 17.6 Å². The first-order valence-corrected chi connectivity index (χ1v) is 17.0. The molecule has 0 spiro atoms. The van der Waals surface area contributed by atoms with Crippen molar-refractivity contribution in [2.45, 2.75) is 122 Å². The average molecular weight is 542 g/mol. The molecule has 1 aromatic rings. The van der Waals surface area contributed by atoms with Gasteiger partial charge in [0.15, 0.2) is 0 Å². The van der Waals surface area contributed by atoms with E-state index in [2.05, 4.69) is 51.4 Å². The second-order valence-electron chi connectivity index (χ2n) is 11.3. The predicted octanol–water partition coefficient (Wildman–Crippen LogP) is 5.36. The van der Waals surface area contributed by atoms with Gasteiger partial charge in [-0.3, -0.25) is 0 Å². The molecule has 0 saturated carbocycles. The maximum absolute atomic E-state index is 5.99. The molecule has 5 heteroatoms. The molecule has 0 bridgehead atoms. The summed E-state index contributed by atoms with van der Waals surface area (Å²) in [5.41, 5.74) is 0. The molecule has 0 radical (unpaired) electrons. The Hall–Kier alpha value is -0.393. The molecule has 0 aliphatic rings. The Morgan fingerprint density at radius 2 is 0.972 bits per heavy atom. The number of unbranched alkanes of at least 4 members (excludes halogenated alkanes) is 15. The number of benzene rings is 1. The second-order valence-corrected chi connectivity index (χ2v) is 14.7. The van der Waals surface area contributed by atoms with E-state index in [9.17, 15) is 0 Å². The van der Waals surface area contributed by atoms with E-state index in [-0.39, 0.29) is 12.4 Å². The summed E-state index contributed by atoms with van der Waals surface area (Å²) in [4.78, 5) is 0. The van der Waals surface area contributed by atoms with Gasteiger partial charge >= 0.3 is 8.56 Å². The molecule has 0 aliphatic heterocycles. The summed E-state index contributed by atoms with van der Waals surface area (Å²) in [7, 11) is 6.10. The van der Waals surface area contributed by atoms with Gasteiger partial charge in [0.1, 0.15) is 0 Å². The quantitative estimate of drug-likeness (QED) is 0.0996. The van der Waals surface area contributed by atoms with Crippen molar-refractivity contribution < 1.29 is 25.7 Å². The van der Waals surface area contributed by atoms with Crippen molar-refractivity contribution >= 4 is 13.7 Å². The highest BCUT2D eigenvalue weighted by Gasteiger charge is 2.38. The van der Waals surface area contributed by atoms with E-state index in [1.807, 2.05) is 14.2 Å². The summed E-state index contributed by atoms with van der Waals surface area (Å²) in [5, 5.41) is 1.24. The van der Waals surface area contributed by atoms with Crippen LogP contribution in [0.3, 0.4) is 0 Å². The molecule has 1 aromatic carbocycles. The van der Waals surface area contributed by atoms with Gasteiger partial charge in [0.2, 0.25) is 0 Å². The number of hydrogen-bond acceptors (Lipinski definition) is 2. The second kappa shape index (κ2) is 22.6. The third-order valence-electron chi connectivity index (χ3n) is 7.76. The van der Waals surface area contributed by atoms with Crippen molar-refractivity contribution in [1.29, 1.82) is 0 Å². The monoisotopic (exact) mass is 541 g/mol. The van der Waals surface area contributed by atoms with Crippen LogP contribution in [0.25, 0.3) is 0 Å². The minimum Gasteiger partial charge on any atom is -1.00 e. The van der Waals surface area contributed by atoms with Gasteiger partial charge in [-0.15, -0.1) is 0 Å². The molecule has 3 nitrogen and oxygen atoms in total. The topological polar surface area (TPSA) is 18.5 Å². The Bertz CT molecular complexity index is 595. The molecule has 0 aromatic heterocycles. The summed E-state index contributed by atoms with van der Waals surface area (Å²) >= 11 is 0. The van der Waals surface area contributed by atoms with Gasteiger partial charge in [0.25, 0.3) is 0 Å². The molecule has 0 unspecified atom stereocenters. The maximum Gasteiger partial charge on any atom is 0.372 e. The highest BCUT2D eigenvalue weighted by molar-refractivity contribution is 6.81. The first-order chi connectivity index (χ1) is 17.0. The Kier molecular flexibility index (Phi) is 22.3. The van der Waals surface area contributed by atoms with Gasteiger partial charge in [-0.25, -0.2) is 0 Å². The molecular weight excluding hydrogens is 482 g/mol. The van der Waals surface area contributed by atoms with Crippen LogP contribution in [-0.2, 0) is 8.85 Å². The Morgan fingerprint density at radius 1 is 0.583 bits per heavy atom. The molecule has 0 amide bonds. The van der Waals surface area contributed by atoms with Crippen molar-refractivity contribution in [3.05, 3.63) is 30.3 Å². The summed E-state index contributed by atoms with van der Waals surface area (Å²) in [6.45, 7) is 4.76. The summed E-state index contributed by atoms with van der Waals surface area (Å²) in [6, 6.07) is 11.6. The molecule has 0 saturated heterocycles. The third kappa shape index (κ3) is 16.4. The van der Waals surface area contributed by atoms with Crippen molar-refractivity contribution in [2.75, 3.05) is 41.4 Å². The Morgan fingerprint density at radius 3 is 1.39 bits per heavy atom. The summed E-state index contributed by atoms with van der Waals surface area (Å²) in [5.74, 6) is 0. The first kappa shape index (κ1) is 35.6. The molecule has 36 heavy (non-hydrogen) atoms. The third-order valence-corrected chi connectivity index (χ3v) is 11.3. The summed E-state index contributed by atoms with van der Waals surface area (Å²) < 4.78 is 13.1. The fraction of sp³-hybridized carbons (Fsp3) is 0.806. The highest BCUT2D eigenvalue weighted by Crippen LogP contribution is 2.18. The van der Waals surface area contributed by atoms with Crippen LogP contribution in [0.2, 0.25) is 6.04 Å². The fourth-order valence-electron chi connectivity index (χ4n) is 5.30. The van der Waals surface area contributed by atoms with Gasteiger partial charge < -0.3 is 25.7 Å². The van der Waals surface area contributed by atoms with Crippen molar-refractivity contribution in [3.63, 3.8) is 0 Å². The number of quaternary nitrogens is 1. The molecule has 0 atom stereocenters. The van der Waals surface area contributed by atoms with Crippen LogP contribution in [0.5, 0.6) is 0 Å². The van der Waals surface area contributed by atoms with E-state index >= 15 is 0 Å². The van der Waals surface area contributed by atoms with Gasteiger partial charge in [0.05, 0.1) is 27.2 Å². The molecule has 0 aliphatic carbocycles. The van der Waals surface area contributed by atoms with Crippen LogP contribution >= 0.6 is 0 Å². The number of rotatable bonds is 24. The minimum absolute atomic E-state index is 0. The zero-order valence-electron chi connectivity index (χ0n) is 24.7. The van der Waals surface area contributed by atoms with E-state index in [1.165, 1.54) is 121 Å². The minimum atomic E-state index is -2.31. The highest BCUT2D eigenvalue weighted by atomic mass is 35.5. The predicted molar refractivity (Wildman–Crippen MR) is 157 cm³/mol. The van der Waals surface area contributed by atoms with E-state index < -0.39 is 8.56 Å². The largest absolute Gasteiger partial charge is 1.00 e. The molecule has 0 fully saturated rings. The van der Waals surface area contributed by atoms with Crippen molar-refractivity contribution in [2.24, 2.45) is 0 Å². The van der Waals surface area contributed by atoms with Gasteiger partial charge in [-0.05, 0) is 24.4 Å². The van der Waals surface area contributed by atoms with Crippen molar-refractivity contribution in [3.8, 4) is 0 Å².